The molecule has 0 unspecified atom stereocenters. The predicted octanol–water partition coefficient (Wildman–Crippen LogP) is 3.51. The van der Waals surface area contributed by atoms with Crippen LogP contribution in [0.2, 0.25) is 0 Å². The van der Waals surface area contributed by atoms with Crippen molar-refractivity contribution in [2.24, 2.45) is 0 Å². The molecule has 1 aromatic carbocycles. The third kappa shape index (κ3) is 7.41. The number of nitrogens with one attached hydrogen (secondary N) is 2. The van der Waals surface area contributed by atoms with Crippen LogP contribution < -0.4 is 15.4 Å². The lowest BCUT2D eigenvalue weighted by molar-refractivity contribution is -0.133. The molecule has 1 aliphatic rings. The second kappa shape index (κ2) is 13.4. The Balaban J connectivity index is 1.61. The van der Waals surface area contributed by atoms with Crippen LogP contribution in [-0.2, 0) is 16.1 Å². The van der Waals surface area contributed by atoms with Crippen molar-refractivity contribution in [2.45, 2.75) is 52.5 Å². The number of likely N-dealkylation sites (tertiary alicyclic amines) is 1. The fraction of sp³-hybridized carbons (Fsp3) is 0.429. The first-order valence-electron chi connectivity index (χ1n) is 12.5. The molecule has 8 heteroatoms. The second-order valence-electron chi connectivity index (χ2n) is 8.81. The molecule has 2 N–H and O–H groups in total. The van der Waals surface area contributed by atoms with Crippen molar-refractivity contribution in [3.8, 4) is 5.75 Å². The van der Waals surface area contributed by atoms with Gasteiger partial charge in [0, 0.05) is 43.2 Å². The number of allylic oxidation sites excluding steroid dienone is 1. The van der Waals surface area contributed by atoms with Crippen molar-refractivity contribution in [1.29, 1.82) is 0 Å². The molecule has 36 heavy (non-hydrogen) atoms. The van der Waals surface area contributed by atoms with E-state index >= 15 is 0 Å². The second-order valence-corrected chi connectivity index (χ2v) is 8.81. The molecule has 1 aliphatic heterocycles. The lowest BCUT2D eigenvalue weighted by Crippen LogP contribution is -2.44. The van der Waals surface area contributed by atoms with Gasteiger partial charge in [0.2, 0.25) is 11.8 Å². The van der Waals surface area contributed by atoms with E-state index in [1.165, 1.54) is 0 Å². The maximum atomic E-state index is 13.2. The normalized spacial score (nSPS) is 14.0. The Morgan fingerprint density at radius 1 is 1.11 bits per heavy atom. The third-order valence-corrected chi connectivity index (χ3v) is 6.23. The highest BCUT2D eigenvalue weighted by Crippen LogP contribution is 2.29. The predicted molar refractivity (Wildman–Crippen MR) is 139 cm³/mol. The maximum Gasteiger partial charge on any atom is 0.253 e. The Morgan fingerprint density at radius 2 is 1.86 bits per heavy atom. The molecule has 0 aliphatic carbocycles. The fourth-order valence-electron chi connectivity index (χ4n) is 4.28. The molecule has 0 spiro atoms. The van der Waals surface area contributed by atoms with Gasteiger partial charge in [-0.3, -0.25) is 19.4 Å². The van der Waals surface area contributed by atoms with Crippen molar-refractivity contribution < 1.29 is 19.1 Å². The van der Waals surface area contributed by atoms with Gasteiger partial charge in [-0.25, -0.2) is 0 Å². The van der Waals surface area contributed by atoms with Crippen LogP contribution in [0.25, 0.3) is 0 Å². The number of benzene rings is 1. The summed E-state index contributed by atoms with van der Waals surface area (Å²) in [4.78, 5) is 44.0. The van der Waals surface area contributed by atoms with Gasteiger partial charge < -0.3 is 20.3 Å². The third-order valence-electron chi connectivity index (χ3n) is 6.23. The van der Waals surface area contributed by atoms with Crippen LogP contribution >= 0.6 is 0 Å². The molecule has 192 valence electrons. The number of rotatable bonds is 10. The number of amides is 3. The van der Waals surface area contributed by atoms with E-state index in [1.807, 2.05) is 57.2 Å². The van der Waals surface area contributed by atoms with Crippen molar-refractivity contribution in [3.05, 3.63) is 71.1 Å². The number of piperidine rings is 1. The zero-order chi connectivity index (χ0) is 25.9. The van der Waals surface area contributed by atoms with Gasteiger partial charge >= 0.3 is 0 Å². The van der Waals surface area contributed by atoms with Crippen LogP contribution in [0.15, 0.2) is 48.6 Å². The van der Waals surface area contributed by atoms with Gasteiger partial charge in [-0.15, -0.1) is 0 Å². The van der Waals surface area contributed by atoms with Crippen LogP contribution in [0.4, 0.5) is 0 Å². The van der Waals surface area contributed by atoms with Crippen LogP contribution in [0.3, 0.4) is 0 Å². The van der Waals surface area contributed by atoms with Crippen LogP contribution in [0.5, 0.6) is 5.75 Å². The summed E-state index contributed by atoms with van der Waals surface area (Å²) in [6, 6.07) is 11.3. The number of hydrogen-bond acceptors (Lipinski definition) is 5. The summed E-state index contributed by atoms with van der Waals surface area (Å²) in [6.45, 7) is 7.73. The van der Waals surface area contributed by atoms with Gasteiger partial charge in [0.15, 0.2) is 0 Å². The van der Waals surface area contributed by atoms with E-state index in [1.54, 1.807) is 17.1 Å². The van der Waals surface area contributed by atoms with Gasteiger partial charge in [-0.1, -0.05) is 30.4 Å². The molecule has 3 amide bonds. The Bertz CT molecular complexity index is 1090. The van der Waals surface area contributed by atoms with Gasteiger partial charge in [-0.2, -0.15) is 0 Å². The summed E-state index contributed by atoms with van der Waals surface area (Å²) in [5, 5.41) is 5.69. The molecular weight excluding hydrogens is 456 g/mol. The number of pyridine rings is 1. The first-order chi connectivity index (χ1) is 17.4. The minimum Gasteiger partial charge on any atom is -0.494 e. The van der Waals surface area contributed by atoms with Crippen molar-refractivity contribution in [2.75, 3.05) is 26.2 Å². The monoisotopic (exact) mass is 492 g/mol. The molecule has 1 fully saturated rings. The molecule has 0 bridgehead atoms. The Labute approximate surface area is 213 Å². The smallest absolute Gasteiger partial charge is 0.253 e. The standard InChI is InChI=1S/C28H36N4O4/c1-4-6-11-25(33)29-19-26(34)32-16-14-21(15-17-32)27-23(13-12-20(3)31-27)28(35)30-18-22-9-7-8-10-24(22)36-5-2/h4,6-10,12-13,21H,5,11,14-19H2,1-3H3,(H,29,33)(H,30,35). The molecule has 0 atom stereocenters. The molecule has 2 heterocycles. The average Bonchev–Trinajstić information content (AvgIpc) is 2.90. The quantitative estimate of drug-likeness (QED) is 0.495. The van der Waals surface area contributed by atoms with Crippen LogP contribution in [0.1, 0.15) is 66.3 Å². The first-order valence-corrected chi connectivity index (χ1v) is 12.5. The van der Waals surface area contributed by atoms with E-state index in [2.05, 4.69) is 10.6 Å². The summed E-state index contributed by atoms with van der Waals surface area (Å²) in [5.74, 6) is 0.406. The molecule has 1 saturated heterocycles. The SMILES string of the molecule is CC=CCC(=O)NCC(=O)N1CCC(c2nc(C)ccc2C(=O)NCc2ccccc2OCC)CC1. The summed E-state index contributed by atoms with van der Waals surface area (Å²) in [6.07, 6.45) is 5.25. The number of aryl methyl sites for hydroxylation is 1. The van der Waals surface area contributed by atoms with E-state index in [9.17, 15) is 14.4 Å². The fourth-order valence-corrected chi connectivity index (χ4v) is 4.28. The summed E-state index contributed by atoms with van der Waals surface area (Å²) < 4.78 is 5.66. The number of hydrogen-bond donors (Lipinski definition) is 2. The van der Waals surface area contributed by atoms with Gasteiger partial charge in [0.25, 0.3) is 5.91 Å². The summed E-state index contributed by atoms with van der Waals surface area (Å²) >= 11 is 0. The van der Waals surface area contributed by atoms with E-state index in [0.717, 1.165) is 22.7 Å². The summed E-state index contributed by atoms with van der Waals surface area (Å²) in [5.41, 5.74) is 3.11. The highest BCUT2D eigenvalue weighted by atomic mass is 16.5. The molecule has 1 aromatic heterocycles. The lowest BCUT2D eigenvalue weighted by atomic mass is 9.89. The largest absolute Gasteiger partial charge is 0.494 e. The number of carbonyl (C=O) groups excluding carboxylic acids is 3. The highest BCUT2D eigenvalue weighted by molar-refractivity contribution is 5.95. The van der Waals surface area contributed by atoms with Crippen LogP contribution in [0, 0.1) is 6.92 Å². The number of para-hydroxylation sites is 1. The molecule has 0 radical (unpaired) electrons. The van der Waals surface area contributed by atoms with E-state index in [4.69, 9.17) is 9.72 Å². The number of ether oxygens (including phenoxy) is 1. The topological polar surface area (TPSA) is 101 Å². The molecular formula is C28H36N4O4. The molecule has 0 saturated carbocycles. The Kier molecular flexibility index (Phi) is 10.0. The average molecular weight is 493 g/mol. The molecule has 2 aromatic rings. The van der Waals surface area contributed by atoms with Gasteiger partial charge in [0.1, 0.15) is 5.75 Å². The Morgan fingerprint density at radius 3 is 2.58 bits per heavy atom. The van der Waals surface area contributed by atoms with Crippen molar-refractivity contribution in [3.63, 3.8) is 0 Å². The van der Waals surface area contributed by atoms with Gasteiger partial charge in [0.05, 0.1) is 24.4 Å². The molecule has 8 nitrogen and oxygen atoms in total. The number of carbonyl (C=O) groups is 3. The van der Waals surface area contributed by atoms with E-state index in [0.29, 0.717) is 44.6 Å². The zero-order valence-corrected chi connectivity index (χ0v) is 21.4. The Hall–Kier alpha value is -3.68. The van der Waals surface area contributed by atoms with Gasteiger partial charge in [-0.05, 0) is 51.8 Å². The minimum atomic E-state index is -0.175. The minimum absolute atomic E-state index is 0.000620. The maximum absolute atomic E-state index is 13.2. The van der Waals surface area contributed by atoms with E-state index in [-0.39, 0.29) is 36.6 Å². The zero-order valence-electron chi connectivity index (χ0n) is 21.4. The van der Waals surface area contributed by atoms with E-state index < -0.39 is 0 Å². The molecule has 3 rings (SSSR count). The van der Waals surface area contributed by atoms with Crippen LogP contribution in [-0.4, -0.2) is 53.8 Å². The first kappa shape index (κ1) is 26.9. The summed E-state index contributed by atoms with van der Waals surface area (Å²) in [7, 11) is 0. The van der Waals surface area contributed by atoms with Crippen molar-refractivity contribution >= 4 is 17.7 Å². The number of aromatic nitrogens is 1. The lowest BCUT2D eigenvalue weighted by Gasteiger charge is -2.32. The van der Waals surface area contributed by atoms with Crippen molar-refractivity contribution in [1.82, 2.24) is 20.5 Å². The highest BCUT2D eigenvalue weighted by Gasteiger charge is 2.28. The number of nitrogens with zero attached hydrogens (tertiary/aromatic N) is 2.